The Morgan fingerprint density at radius 2 is 1.91 bits per heavy atom. The highest BCUT2D eigenvalue weighted by Crippen LogP contribution is 2.65. The summed E-state index contributed by atoms with van der Waals surface area (Å²) in [4.78, 5) is 0. The molecule has 2 bridgehead atoms. The van der Waals surface area contributed by atoms with Gasteiger partial charge in [0.15, 0.2) is 0 Å². The Morgan fingerprint density at radius 1 is 1.21 bits per heavy atom. The summed E-state index contributed by atoms with van der Waals surface area (Å²) in [7, 11) is 1.24. The minimum Gasteiger partial charge on any atom is -0.598 e. The highest BCUT2D eigenvalue weighted by atomic mass is 32.2. The van der Waals surface area contributed by atoms with Crippen LogP contribution in [0.2, 0.25) is 0 Å². The molecule has 5 rings (SSSR count). The molecule has 6 atom stereocenters. The standard InChI is InChI=1S/C25H40BNO5S/c1-23(2,3)33(28)27-22(12-13-30-16-17-8-10-19(29-7)11-9-17)26-31-21-15-18-14-20(24(18,4)5)25(21,6)32-26/h8-11,18,20-22,27H,12-16H2,1-7H3/t18-,20-,21+,22?,25-,33?/m0/s1. The van der Waals surface area contributed by atoms with Gasteiger partial charge in [-0.05, 0) is 81.9 Å². The van der Waals surface area contributed by atoms with E-state index in [2.05, 4.69) is 25.5 Å². The van der Waals surface area contributed by atoms with E-state index in [0.717, 1.165) is 17.7 Å². The first-order valence-electron chi connectivity index (χ1n) is 12.2. The van der Waals surface area contributed by atoms with E-state index in [-0.39, 0.29) is 22.4 Å². The van der Waals surface area contributed by atoms with E-state index in [0.29, 0.717) is 36.9 Å². The van der Waals surface area contributed by atoms with Crippen molar-refractivity contribution in [2.24, 2.45) is 17.3 Å². The molecule has 4 fully saturated rings. The summed E-state index contributed by atoms with van der Waals surface area (Å²) in [5.74, 6) is 1.83. The molecule has 33 heavy (non-hydrogen) atoms. The molecule has 1 saturated heterocycles. The molecule has 184 valence electrons. The van der Waals surface area contributed by atoms with Crippen molar-refractivity contribution in [2.75, 3.05) is 13.7 Å². The quantitative estimate of drug-likeness (QED) is 0.325. The number of benzene rings is 1. The molecular formula is C25H40BNO5S. The molecule has 1 aliphatic heterocycles. The monoisotopic (exact) mass is 477 g/mol. The normalized spacial score (nSPS) is 32.1. The molecule has 4 aliphatic rings. The largest absolute Gasteiger partial charge is 0.598 e. The van der Waals surface area contributed by atoms with Gasteiger partial charge in [0.1, 0.15) is 10.5 Å². The molecule has 0 aromatic heterocycles. The lowest BCUT2D eigenvalue weighted by atomic mass is 9.43. The van der Waals surface area contributed by atoms with E-state index < -0.39 is 18.5 Å². The molecule has 0 amide bonds. The van der Waals surface area contributed by atoms with Crippen LogP contribution in [0.3, 0.4) is 0 Å². The average Bonchev–Trinajstić information content (AvgIpc) is 3.12. The first-order chi connectivity index (χ1) is 15.4. The highest BCUT2D eigenvalue weighted by molar-refractivity contribution is 7.90. The molecule has 3 aliphatic carbocycles. The Kier molecular flexibility index (Phi) is 7.18. The molecule has 8 heteroatoms. The molecule has 6 nitrogen and oxygen atoms in total. The predicted octanol–water partition coefficient (Wildman–Crippen LogP) is 4.29. The smallest absolute Gasteiger partial charge is 0.480 e. The molecule has 1 N–H and O–H groups in total. The molecule has 3 saturated carbocycles. The van der Waals surface area contributed by atoms with Gasteiger partial charge in [-0.25, -0.2) is 0 Å². The van der Waals surface area contributed by atoms with Gasteiger partial charge in [0.25, 0.3) is 0 Å². The lowest BCUT2D eigenvalue weighted by Crippen LogP contribution is -2.65. The summed E-state index contributed by atoms with van der Waals surface area (Å²) in [6.45, 7) is 13.9. The Balaban J connectivity index is 1.38. The van der Waals surface area contributed by atoms with E-state index in [9.17, 15) is 4.55 Å². The van der Waals surface area contributed by atoms with Crippen LogP contribution in [0.1, 0.15) is 66.4 Å². The maximum Gasteiger partial charge on any atom is 0.480 e. The van der Waals surface area contributed by atoms with E-state index in [1.54, 1.807) is 7.11 Å². The number of hydrogen-bond donors (Lipinski definition) is 1. The molecule has 2 unspecified atom stereocenters. The summed E-state index contributed by atoms with van der Waals surface area (Å²) in [6.07, 6.45) is 3.02. The summed E-state index contributed by atoms with van der Waals surface area (Å²) < 4.78 is 40.2. The van der Waals surface area contributed by atoms with Gasteiger partial charge >= 0.3 is 7.12 Å². The van der Waals surface area contributed by atoms with Gasteiger partial charge in [-0.3, -0.25) is 0 Å². The van der Waals surface area contributed by atoms with Gasteiger partial charge in [-0.15, -0.1) is 4.72 Å². The van der Waals surface area contributed by atoms with E-state index in [1.165, 1.54) is 6.42 Å². The Morgan fingerprint density at radius 3 is 2.52 bits per heavy atom. The van der Waals surface area contributed by atoms with Crippen LogP contribution in [-0.2, 0) is 32.0 Å². The summed E-state index contributed by atoms with van der Waals surface area (Å²) in [6, 6.07) is 7.88. The topological polar surface area (TPSA) is 72.0 Å². The van der Waals surface area contributed by atoms with Crippen LogP contribution in [0.15, 0.2) is 24.3 Å². The average molecular weight is 477 g/mol. The third kappa shape index (κ3) is 4.98. The lowest BCUT2D eigenvalue weighted by molar-refractivity contribution is -0.199. The van der Waals surface area contributed by atoms with Crippen molar-refractivity contribution in [2.45, 2.75) is 89.8 Å². The van der Waals surface area contributed by atoms with Crippen molar-refractivity contribution in [3.8, 4) is 5.75 Å². The van der Waals surface area contributed by atoms with Crippen molar-refractivity contribution < 1.29 is 23.3 Å². The second kappa shape index (κ2) is 9.36. The molecule has 1 aromatic carbocycles. The predicted molar refractivity (Wildman–Crippen MR) is 132 cm³/mol. The second-order valence-corrected chi connectivity index (χ2v) is 13.6. The van der Waals surface area contributed by atoms with Crippen molar-refractivity contribution >= 4 is 18.5 Å². The van der Waals surface area contributed by atoms with Crippen LogP contribution in [0, 0.1) is 17.3 Å². The van der Waals surface area contributed by atoms with Crippen molar-refractivity contribution in [3.05, 3.63) is 29.8 Å². The maximum atomic E-state index is 13.0. The summed E-state index contributed by atoms with van der Waals surface area (Å²) >= 11 is -1.23. The summed E-state index contributed by atoms with van der Waals surface area (Å²) in [5.41, 5.74) is 1.10. The van der Waals surface area contributed by atoms with Gasteiger partial charge in [0, 0.05) is 18.0 Å². The van der Waals surface area contributed by atoms with E-state index in [4.69, 9.17) is 18.8 Å². The van der Waals surface area contributed by atoms with E-state index in [1.807, 2.05) is 45.0 Å². The maximum absolute atomic E-state index is 13.0. The van der Waals surface area contributed by atoms with Crippen LogP contribution >= 0.6 is 0 Å². The first kappa shape index (κ1) is 25.3. The lowest BCUT2D eigenvalue weighted by Gasteiger charge is -2.64. The van der Waals surface area contributed by atoms with Gasteiger partial charge in [-0.2, -0.15) is 0 Å². The van der Waals surface area contributed by atoms with Gasteiger partial charge in [-0.1, -0.05) is 26.0 Å². The highest BCUT2D eigenvalue weighted by Gasteiger charge is 2.68. The fourth-order valence-electron chi connectivity index (χ4n) is 5.76. The van der Waals surface area contributed by atoms with Crippen molar-refractivity contribution in [1.82, 2.24) is 4.72 Å². The Labute approximate surface area is 202 Å². The number of nitrogens with one attached hydrogen (secondary N) is 1. The number of methoxy groups -OCH3 is 1. The zero-order valence-electron chi connectivity index (χ0n) is 21.2. The fraction of sp³-hybridized carbons (Fsp3) is 0.760. The molecule has 0 spiro atoms. The van der Waals surface area contributed by atoms with Crippen LogP contribution in [0.4, 0.5) is 0 Å². The molecule has 1 aromatic rings. The van der Waals surface area contributed by atoms with Crippen LogP contribution in [0.25, 0.3) is 0 Å². The Bertz CT molecular complexity index is 816. The van der Waals surface area contributed by atoms with Gasteiger partial charge in [0.2, 0.25) is 0 Å². The van der Waals surface area contributed by atoms with Crippen molar-refractivity contribution in [1.29, 1.82) is 0 Å². The van der Waals surface area contributed by atoms with E-state index >= 15 is 0 Å². The van der Waals surface area contributed by atoms with Crippen LogP contribution in [-0.4, -0.2) is 47.8 Å². The van der Waals surface area contributed by atoms with Crippen LogP contribution < -0.4 is 9.46 Å². The summed E-state index contributed by atoms with van der Waals surface area (Å²) in [5, 5.41) is 0. The molecular weight excluding hydrogens is 437 g/mol. The molecule has 1 heterocycles. The fourth-order valence-corrected chi connectivity index (χ4v) is 6.62. The number of hydrogen-bond acceptors (Lipinski definition) is 6. The second-order valence-electron chi connectivity index (χ2n) is 11.6. The number of ether oxygens (including phenoxy) is 2. The SMILES string of the molecule is COc1ccc(COCCC(N[S+]([O-])C(C)(C)C)B2O[C@@H]3C[C@@H]4C[C@@H](C4(C)C)[C@]3(C)O2)cc1. The minimum atomic E-state index is -1.23. The molecule has 0 radical (unpaired) electrons. The van der Waals surface area contributed by atoms with Crippen LogP contribution in [0.5, 0.6) is 5.75 Å². The number of rotatable bonds is 9. The zero-order valence-corrected chi connectivity index (χ0v) is 22.0. The Hall–Kier alpha value is -0.765. The first-order valence-corrected chi connectivity index (χ1v) is 13.3. The third-order valence-electron chi connectivity index (χ3n) is 8.11. The third-order valence-corrected chi connectivity index (χ3v) is 9.74. The van der Waals surface area contributed by atoms with Gasteiger partial charge < -0.3 is 23.3 Å². The minimum absolute atomic E-state index is 0.104. The van der Waals surface area contributed by atoms with Gasteiger partial charge in [0.05, 0.1) is 31.4 Å². The van der Waals surface area contributed by atoms with Crippen molar-refractivity contribution in [3.63, 3.8) is 0 Å². The zero-order chi connectivity index (χ0) is 24.0.